The van der Waals surface area contributed by atoms with Crippen molar-refractivity contribution in [1.29, 1.82) is 0 Å². The minimum absolute atomic E-state index is 0.329. The number of nitrogens with two attached hydrogens (primary N) is 1. The lowest BCUT2D eigenvalue weighted by Crippen LogP contribution is -2.21. The van der Waals surface area contributed by atoms with Gasteiger partial charge in [-0.2, -0.15) is 15.0 Å². The molecule has 0 aliphatic rings. The van der Waals surface area contributed by atoms with Crippen molar-refractivity contribution in [2.45, 2.75) is 6.92 Å². The van der Waals surface area contributed by atoms with Crippen molar-refractivity contribution < 1.29 is 4.74 Å². The van der Waals surface area contributed by atoms with E-state index in [0.717, 1.165) is 0 Å². The average Bonchev–Trinajstić information content (AvgIpc) is 2.36. The summed E-state index contributed by atoms with van der Waals surface area (Å²) in [5.74, 6) is 7.05. The van der Waals surface area contributed by atoms with Crippen LogP contribution >= 0.6 is 0 Å². The normalized spacial score (nSPS) is 12.1. The molecule has 0 spiro atoms. The van der Waals surface area contributed by atoms with Gasteiger partial charge in [0.25, 0.3) is 0 Å². The first-order valence-corrected chi connectivity index (χ1v) is 5.69. The number of hydrogen-bond donors (Lipinski definition) is 3. The van der Waals surface area contributed by atoms with Crippen LogP contribution in [0.5, 0.6) is 0 Å². The lowest BCUT2D eigenvalue weighted by Gasteiger charge is -2.15. The summed E-state index contributed by atoms with van der Waals surface area (Å²) in [4.78, 5) is 14.3. The van der Waals surface area contributed by atoms with Crippen LogP contribution in [0.4, 0.5) is 17.8 Å². The Bertz CT molecular complexity index is 371. The van der Waals surface area contributed by atoms with Crippen LogP contribution in [-0.2, 0) is 4.74 Å². The molecule has 4 N–H and O–H groups in total. The minimum atomic E-state index is 0.329. The lowest BCUT2D eigenvalue weighted by molar-refractivity contribution is 0.164. The van der Waals surface area contributed by atoms with Crippen LogP contribution < -0.4 is 21.5 Å². The van der Waals surface area contributed by atoms with E-state index < -0.39 is 0 Å². The van der Waals surface area contributed by atoms with Gasteiger partial charge in [0.2, 0.25) is 17.8 Å². The van der Waals surface area contributed by atoms with Crippen LogP contribution in [0, 0.1) is 5.92 Å². The summed E-state index contributed by atoms with van der Waals surface area (Å²) < 4.78 is 5.07. The number of aromatic nitrogens is 3. The third kappa shape index (κ3) is 4.30. The van der Waals surface area contributed by atoms with Gasteiger partial charge in [0.05, 0.1) is 6.61 Å². The standard InChI is InChI=1S/C10H21N7O/c1-7(6-18-4)5-12-8-13-9(16-11)15-10(14-8)17(2)3/h7H,5-6,11H2,1-4H3,(H2,12,13,14,15,16). The van der Waals surface area contributed by atoms with Crippen LogP contribution in [0.2, 0.25) is 0 Å². The molecule has 0 aliphatic heterocycles. The van der Waals surface area contributed by atoms with Crippen molar-refractivity contribution >= 4 is 17.8 Å². The molecule has 102 valence electrons. The Balaban J connectivity index is 2.72. The predicted octanol–water partition coefficient (Wildman–Crippen LogP) is -0.0824. The third-order valence-corrected chi connectivity index (χ3v) is 2.21. The van der Waals surface area contributed by atoms with Gasteiger partial charge < -0.3 is 15.0 Å². The second-order valence-corrected chi connectivity index (χ2v) is 4.26. The highest BCUT2D eigenvalue weighted by Gasteiger charge is 2.08. The maximum atomic E-state index is 5.32. The van der Waals surface area contributed by atoms with Gasteiger partial charge in [-0.25, -0.2) is 5.84 Å². The zero-order chi connectivity index (χ0) is 13.5. The number of anilines is 3. The van der Waals surface area contributed by atoms with Crippen LogP contribution in [0.25, 0.3) is 0 Å². The van der Waals surface area contributed by atoms with Crippen molar-refractivity contribution in [2.75, 3.05) is 50.0 Å². The summed E-state index contributed by atoms with van der Waals surface area (Å²) in [5.41, 5.74) is 2.42. The fourth-order valence-electron chi connectivity index (χ4n) is 1.32. The molecule has 8 nitrogen and oxygen atoms in total. The van der Waals surface area contributed by atoms with E-state index in [1.807, 2.05) is 14.1 Å². The van der Waals surface area contributed by atoms with Crippen molar-refractivity contribution in [3.8, 4) is 0 Å². The molecule has 0 fully saturated rings. The van der Waals surface area contributed by atoms with E-state index in [0.29, 0.717) is 36.9 Å². The SMILES string of the molecule is COCC(C)CNc1nc(NN)nc(N(C)C)n1. The van der Waals surface area contributed by atoms with Crippen LogP contribution in [0.3, 0.4) is 0 Å². The molecular weight excluding hydrogens is 234 g/mol. The summed E-state index contributed by atoms with van der Waals surface area (Å²) in [6, 6.07) is 0. The second-order valence-electron chi connectivity index (χ2n) is 4.26. The molecule has 0 saturated heterocycles. The van der Waals surface area contributed by atoms with Crippen molar-refractivity contribution in [2.24, 2.45) is 11.8 Å². The first-order chi connectivity index (χ1) is 8.56. The first kappa shape index (κ1) is 14.4. The Hall–Kier alpha value is -1.67. The van der Waals surface area contributed by atoms with Gasteiger partial charge in [0, 0.05) is 27.7 Å². The largest absolute Gasteiger partial charge is 0.384 e. The molecule has 1 heterocycles. The third-order valence-electron chi connectivity index (χ3n) is 2.21. The predicted molar refractivity (Wildman–Crippen MR) is 71.5 cm³/mol. The molecule has 0 radical (unpaired) electrons. The highest BCUT2D eigenvalue weighted by molar-refractivity contribution is 5.42. The number of nitrogens with one attached hydrogen (secondary N) is 2. The van der Waals surface area contributed by atoms with E-state index >= 15 is 0 Å². The summed E-state index contributed by atoms with van der Waals surface area (Å²) >= 11 is 0. The maximum absolute atomic E-state index is 5.32. The number of hydrogen-bond acceptors (Lipinski definition) is 8. The Morgan fingerprint density at radius 3 is 2.50 bits per heavy atom. The molecule has 8 heteroatoms. The van der Waals surface area contributed by atoms with Crippen LogP contribution in [-0.4, -0.2) is 49.3 Å². The maximum Gasteiger partial charge on any atom is 0.243 e. The van der Waals surface area contributed by atoms with Gasteiger partial charge in [-0.3, -0.25) is 5.43 Å². The molecule has 0 amide bonds. The minimum Gasteiger partial charge on any atom is -0.384 e. The van der Waals surface area contributed by atoms with Crippen molar-refractivity contribution in [3.05, 3.63) is 0 Å². The Labute approximate surface area is 107 Å². The molecule has 1 aromatic heterocycles. The van der Waals surface area contributed by atoms with E-state index in [1.54, 1.807) is 12.0 Å². The molecular formula is C10H21N7O. The molecule has 1 unspecified atom stereocenters. The summed E-state index contributed by atoms with van der Waals surface area (Å²) in [7, 11) is 5.39. The molecule has 1 atom stereocenters. The molecule has 1 aromatic rings. The van der Waals surface area contributed by atoms with Gasteiger partial charge in [-0.1, -0.05) is 6.92 Å². The highest BCUT2D eigenvalue weighted by Crippen LogP contribution is 2.11. The smallest absolute Gasteiger partial charge is 0.243 e. The molecule has 0 saturated carbocycles. The summed E-state index contributed by atoms with van der Waals surface area (Å²) in [6.07, 6.45) is 0. The van der Waals surface area contributed by atoms with E-state index in [-0.39, 0.29) is 0 Å². The second kappa shape index (κ2) is 6.92. The summed E-state index contributed by atoms with van der Waals surface area (Å²) in [6.45, 7) is 3.47. The van der Waals surface area contributed by atoms with Crippen molar-refractivity contribution in [1.82, 2.24) is 15.0 Å². The Kier molecular flexibility index (Phi) is 5.53. The van der Waals surface area contributed by atoms with Gasteiger partial charge in [-0.05, 0) is 5.92 Å². The topological polar surface area (TPSA) is 101 Å². The molecule has 18 heavy (non-hydrogen) atoms. The Morgan fingerprint density at radius 2 is 1.94 bits per heavy atom. The van der Waals surface area contributed by atoms with E-state index in [1.165, 1.54) is 0 Å². The number of hydrazine groups is 1. The lowest BCUT2D eigenvalue weighted by atomic mass is 10.2. The van der Waals surface area contributed by atoms with Gasteiger partial charge in [0.1, 0.15) is 0 Å². The van der Waals surface area contributed by atoms with E-state index in [9.17, 15) is 0 Å². The fraction of sp³-hybridized carbons (Fsp3) is 0.700. The highest BCUT2D eigenvalue weighted by atomic mass is 16.5. The number of nitrogen functional groups attached to an aromatic ring is 1. The molecule has 0 aliphatic carbocycles. The summed E-state index contributed by atoms with van der Waals surface area (Å²) in [5, 5.41) is 3.13. The Morgan fingerprint density at radius 1 is 1.28 bits per heavy atom. The average molecular weight is 255 g/mol. The van der Waals surface area contributed by atoms with Crippen LogP contribution in [0.15, 0.2) is 0 Å². The number of rotatable bonds is 7. The van der Waals surface area contributed by atoms with Gasteiger partial charge >= 0.3 is 0 Å². The fourth-order valence-corrected chi connectivity index (χ4v) is 1.32. The van der Waals surface area contributed by atoms with Gasteiger partial charge in [-0.15, -0.1) is 0 Å². The zero-order valence-corrected chi connectivity index (χ0v) is 11.3. The quantitative estimate of drug-likeness (QED) is 0.459. The van der Waals surface area contributed by atoms with Crippen molar-refractivity contribution in [3.63, 3.8) is 0 Å². The zero-order valence-electron chi connectivity index (χ0n) is 11.3. The van der Waals surface area contributed by atoms with E-state index in [2.05, 4.69) is 32.6 Å². The van der Waals surface area contributed by atoms with Crippen LogP contribution in [0.1, 0.15) is 6.92 Å². The molecule has 1 rings (SSSR count). The monoisotopic (exact) mass is 255 g/mol. The number of nitrogens with zero attached hydrogens (tertiary/aromatic N) is 4. The molecule has 0 bridgehead atoms. The molecule has 0 aromatic carbocycles. The number of ether oxygens (including phenoxy) is 1. The van der Waals surface area contributed by atoms with Gasteiger partial charge in [0.15, 0.2) is 0 Å². The number of methoxy groups -OCH3 is 1. The van der Waals surface area contributed by atoms with E-state index in [4.69, 9.17) is 10.6 Å². The first-order valence-electron chi connectivity index (χ1n) is 5.69.